The molecule has 2 aromatic carbocycles. The Morgan fingerprint density at radius 3 is 1.28 bits per heavy atom. The number of hydrogen-bond donors (Lipinski definition) is 27. The van der Waals surface area contributed by atoms with Gasteiger partial charge < -0.3 is 139 Å². The monoisotopic (exact) mass is 1700 g/mol. The topological polar surface area (TPSA) is 729 Å². The molecular weight excluding hydrogens is 1580 g/mol. The van der Waals surface area contributed by atoms with E-state index >= 15 is 24.0 Å². The molecule has 4 aliphatic heterocycles. The average Bonchev–Trinajstić information content (AvgIpc) is 1.64. The first kappa shape index (κ1) is 96.3. The predicted molar refractivity (Wildman–Crippen MR) is 452 cm³/mol. The summed E-state index contributed by atoms with van der Waals surface area (Å²) in [5.41, 5.74) is 41.1. The number of benzene rings is 2. The molecule has 0 aliphatic carbocycles. The van der Waals surface area contributed by atoms with E-state index in [4.69, 9.17) is 67.2 Å². The number of guanidine groups is 5. The van der Waals surface area contributed by atoms with Gasteiger partial charge in [-0.15, -0.1) is 0 Å². The van der Waals surface area contributed by atoms with Crippen LogP contribution in [0.25, 0.3) is 10.9 Å². The zero-order valence-electron chi connectivity index (χ0n) is 69.2. The van der Waals surface area contributed by atoms with Crippen molar-refractivity contribution >= 4 is 117 Å². The number of nitrogens with zero attached hydrogens (tertiary/aromatic N) is 4. The van der Waals surface area contributed by atoms with Crippen LogP contribution in [0.2, 0.25) is 0 Å². The molecule has 13 amide bonds. The van der Waals surface area contributed by atoms with E-state index in [1.807, 2.05) is 32.0 Å². The normalized spacial score (nSPS) is 18.1. The number of rotatable bonds is 47. The molecule has 0 radical (unpaired) electrons. The van der Waals surface area contributed by atoms with Crippen LogP contribution in [-0.2, 0) is 75.2 Å². The number of likely N-dealkylation sites (tertiary alicyclic amines) is 4. The molecular formula is C78H124N30O14. The van der Waals surface area contributed by atoms with Gasteiger partial charge in [-0.05, 0) is 157 Å². The molecule has 1 aromatic heterocycles. The molecule has 0 bridgehead atoms. The quantitative estimate of drug-likeness (QED) is 0.0142. The standard InChI is InChI=1S/C78H124N30O14/c1-43(2)38-56(72(121)106-35-11-21-57(106)67(116)99-51(18-7-31-93-76(85)86)65(114)102-55(63(112)97-42-61(80)110)40-45-41-96-49-16-4-3-14-47(45)49)104-66(115)54(39-44-25-27-46(109)28-26-44)103-69(118)59-23-12-36-107(59)73(122)60-24-13-37-108(60)71(120)53(20-9-33-95-78(89)90)101-68(117)58-22-10-34-105(58)70(119)52(19-8-32-94-77(87)88)100-64(113)50(17-6-30-92-75(83)84)98-62(111)48(79)15-5-29-91-74(81)82/h3-4,14,16,25-28,41,43,48,50-60,96,109H,5-13,15,17-24,29-40,42,79H2,1-2H3,(H2,80,110)(H,97,112)(H,98,111)(H,99,116)(H,100,113)(H,101,117)(H,102,114)(H,103,118)(H,104,115)(H4,81,82,91)(H4,83,84,92)(H4,85,86,93)(H4,87,88,94)(H4,89,90,95)/t48-,50-,51-,52-,53-,54-,55-,56-,57-,58-,59-,60-/m0/s1. The predicted octanol–water partition coefficient (Wildman–Crippen LogP) is -5.69. The Morgan fingerprint density at radius 1 is 0.426 bits per heavy atom. The molecule has 122 heavy (non-hydrogen) atoms. The molecule has 4 saturated heterocycles. The Kier molecular flexibility index (Phi) is 37.8. The van der Waals surface area contributed by atoms with Gasteiger partial charge in [0.25, 0.3) is 0 Å². The third-order valence-electron chi connectivity index (χ3n) is 21.6. The van der Waals surface area contributed by atoms with Crippen LogP contribution in [0.3, 0.4) is 0 Å². The largest absolute Gasteiger partial charge is 0.508 e. The summed E-state index contributed by atoms with van der Waals surface area (Å²) in [5.74, 6) is -11.4. The Balaban J connectivity index is 1.07. The van der Waals surface area contributed by atoms with Crippen molar-refractivity contribution < 1.29 is 67.4 Å². The van der Waals surface area contributed by atoms with E-state index in [0.717, 1.165) is 10.9 Å². The average molecular weight is 1710 g/mol. The van der Waals surface area contributed by atoms with Crippen molar-refractivity contribution in [2.45, 2.75) is 221 Å². The number of carbonyl (C=O) groups excluding carboxylic acids is 13. The van der Waals surface area contributed by atoms with Gasteiger partial charge in [0.1, 0.15) is 72.2 Å². The zero-order valence-corrected chi connectivity index (χ0v) is 69.2. The van der Waals surface area contributed by atoms with Crippen molar-refractivity contribution in [3.8, 4) is 5.75 Å². The zero-order chi connectivity index (χ0) is 89.3. The fraction of sp³-hybridized carbons (Fsp3) is 0.590. The number of fused-ring (bicyclic) bond motifs is 1. The highest BCUT2D eigenvalue weighted by Crippen LogP contribution is 2.29. The van der Waals surface area contributed by atoms with E-state index in [1.54, 1.807) is 24.4 Å². The van der Waals surface area contributed by atoms with E-state index in [1.165, 1.54) is 31.7 Å². The minimum atomic E-state index is -1.44. The molecule has 12 atom stereocenters. The number of carbonyl (C=O) groups is 13. The van der Waals surface area contributed by atoms with Crippen molar-refractivity contribution in [2.75, 3.05) is 65.4 Å². The number of nitrogens with one attached hydrogen (secondary N) is 19. The van der Waals surface area contributed by atoms with Crippen molar-refractivity contribution in [1.82, 2.24) is 93.7 Å². The number of nitrogens with two attached hydrogens (primary N) is 7. The van der Waals surface area contributed by atoms with Gasteiger partial charge in [0.2, 0.25) is 76.8 Å². The molecule has 0 spiro atoms. The molecule has 44 heteroatoms. The van der Waals surface area contributed by atoms with Gasteiger partial charge in [0, 0.05) is 88.8 Å². The Labute approximate surface area is 707 Å². The number of aromatic nitrogens is 1. The van der Waals surface area contributed by atoms with E-state index in [0.29, 0.717) is 43.2 Å². The Bertz CT molecular complexity index is 4200. The summed E-state index contributed by atoms with van der Waals surface area (Å²) in [5, 5.41) is 84.5. The van der Waals surface area contributed by atoms with Crippen molar-refractivity contribution in [2.24, 2.45) is 46.1 Å². The van der Waals surface area contributed by atoms with Gasteiger partial charge >= 0.3 is 0 Å². The Morgan fingerprint density at radius 2 is 0.795 bits per heavy atom. The van der Waals surface area contributed by atoms with Gasteiger partial charge in [-0.25, -0.2) is 0 Å². The summed E-state index contributed by atoms with van der Waals surface area (Å²) in [6.45, 7) is 4.00. The van der Waals surface area contributed by atoms with Crippen molar-refractivity contribution in [3.05, 3.63) is 65.9 Å². The maximum absolute atomic E-state index is 15.2. The fourth-order valence-electron chi connectivity index (χ4n) is 15.5. The number of aromatic amines is 1. The molecule has 5 heterocycles. The van der Waals surface area contributed by atoms with Gasteiger partial charge in [-0.1, -0.05) is 44.2 Å². The first-order chi connectivity index (χ1) is 58.1. The number of aromatic hydroxyl groups is 1. The third-order valence-corrected chi connectivity index (χ3v) is 21.6. The maximum Gasteiger partial charge on any atom is 0.246 e. The molecule has 670 valence electrons. The SMILES string of the molecule is CC(C)C[C@H](NC(=O)[C@H](Cc1ccc(O)cc1)NC(=O)[C@@H]1CCCN1C(=O)[C@@H]1CCCN1C(=O)[C@H](CCCNC(=N)N)NC(=O)[C@@H]1CCCN1C(=O)[C@H](CCCNC(=N)N)NC(=O)[C@H](CCCNC(=N)N)NC(=O)[C@@H](N)CCCNC(=N)N)C(=O)N1CCC[C@H]1C(=O)N[C@@H](CCCNC(=N)N)C(=O)N[C@@H](Cc1c[nH]c2ccccc12)C(=O)NCC(N)=O. The van der Waals surface area contributed by atoms with Crippen molar-refractivity contribution in [3.63, 3.8) is 0 Å². The fourth-order valence-corrected chi connectivity index (χ4v) is 15.5. The molecule has 3 aromatic rings. The van der Waals surface area contributed by atoms with E-state index in [-0.39, 0.29) is 203 Å². The van der Waals surface area contributed by atoms with Crippen LogP contribution in [0.1, 0.15) is 147 Å². The number of para-hydroxylation sites is 1. The Hall–Kier alpha value is -12.8. The summed E-state index contributed by atoms with van der Waals surface area (Å²) < 4.78 is 0. The van der Waals surface area contributed by atoms with Gasteiger partial charge in [-0.2, -0.15) is 0 Å². The lowest BCUT2D eigenvalue weighted by atomic mass is 9.99. The lowest BCUT2D eigenvalue weighted by Crippen LogP contribution is -2.60. The minimum Gasteiger partial charge on any atom is -0.508 e. The van der Waals surface area contributed by atoms with Crippen molar-refractivity contribution in [1.29, 1.82) is 27.0 Å². The minimum absolute atomic E-state index is 0.00841. The van der Waals surface area contributed by atoms with E-state index in [9.17, 15) is 43.5 Å². The van der Waals surface area contributed by atoms with Crippen LogP contribution < -0.4 is 109 Å². The smallest absolute Gasteiger partial charge is 0.246 e. The molecule has 7 rings (SSSR count). The third kappa shape index (κ3) is 29.9. The number of phenols is 1. The van der Waals surface area contributed by atoms with Gasteiger partial charge in [-0.3, -0.25) is 89.4 Å². The maximum atomic E-state index is 15.2. The highest BCUT2D eigenvalue weighted by molar-refractivity contribution is 6.01. The molecule has 0 unspecified atom stereocenters. The van der Waals surface area contributed by atoms with Crippen LogP contribution in [0.5, 0.6) is 5.75 Å². The summed E-state index contributed by atoms with van der Waals surface area (Å²) in [6.07, 6.45) is 4.38. The highest BCUT2D eigenvalue weighted by Gasteiger charge is 2.47. The lowest BCUT2D eigenvalue weighted by molar-refractivity contribution is -0.148. The van der Waals surface area contributed by atoms with E-state index in [2.05, 4.69) is 74.1 Å². The second-order valence-electron chi connectivity index (χ2n) is 31.5. The first-order valence-corrected chi connectivity index (χ1v) is 41.5. The summed E-state index contributed by atoms with van der Waals surface area (Å²) in [4.78, 5) is 197. The molecule has 34 N–H and O–H groups in total. The lowest BCUT2D eigenvalue weighted by Gasteiger charge is -2.34. The molecule has 44 nitrogen and oxygen atoms in total. The molecule has 4 fully saturated rings. The molecule has 4 aliphatic rings. The second kappa shape index (κ2) is 47.9. The second-order valence-corrected chi connectivity index (χ2v) is 31.5. The van der Waals surface area contributed by atoms with Crippen LogP contribution in [0, 0.1) is 33.0 Å². The summed E-state index contributed by atoms with van der Waals surface area (Å²) in [7, 11) is 0. The number of hydrogen-bond acceptors (Lipinski definition) is 20. The van der Waals surface area contributed by atoms with Crippen LogP contribution in [-0.4, -0.2) is 274 Å². The number of H-pyrrole nitrogens is 1. The number of phenolic OH excluding ortho intramolecular Hbond substituents is 1. The highest BCUT2D eigenvalue weighted by atomic mass is 16.3. The van der Waals surface area contributed by atoms with E-state index < -0.39 is 156 Å². The van der Waals surface area contributed by atoms with Gasteiger partial charge in [0.05, 0.1) is 12.6 Å². The first-order valence-electron chi connectivity index (χ1n) is 41.5. The van der Waals surface area contributed by atoms with Crippen LogP contribution in [0.15, 0.2) is 54.7 Å². The molecule has 0 saturated carbocycles. The van der Waals surface area contributed by atoms with Crippen LogP contribution in [0.4, 0.5) is 0 Å². The summed E-state index contributed by atoms with van der Waals surface area (Å²) in [6, 6.07) is -1.98. The summed E-state index contributed by atoms with van der Waals surface area (Å²) >= 11 is 0. The van der Waals surface area contributed by atoms with Crippen LogP contribution >= 0.6 is 0 Å². The van der Waals surface area contributed by atoms with Gasteiger partial charge in [0.15, 0.2) is 29.8 Å². The number of primary amides is 1. The number of amides is 13.